The quantitative estimate of drug-likeness (QED) is 0.840. The lowest BCUT2D eigenvalue weighted by molar-refractivity contribution is 0.00515. The van der Waals surface area contributed by atoms with Crippen LogP contribution >= 0.6 is 0 Å². The number of hydrogen-bond acceptors (Lipinski definition) is 5. The Morgan fingerprint density at radius 1 is 0.885 bits per heavy atom. The first kappa shape index (κ1) is 17.6. The lowest BCUT2D eigenvalue weighted by atomic mass is 9.99. The van der Waals surface area contributed by atoms with Gasteiger partial charge in [0.1, 0.15) is 12.7 Å². The minimum absolute atomic E-state index is 0.0847. The Morgan fingerprint density at radius 3 is 2.08 bits per heavy atom. The predicted molar refractivity (Wildman–Crippen MR) is 95.6 cm³/mol. The molecule has 0 aliphatic heterocycles. The molecule has 1 aliphatic carbocycles. The van der Waals surface area contributed by atoms with Gasteiger partial charge in [-0.15, -0.1) is 0 Å². The minimum atomic E-state index is -1.07. The molecule has 0 saturated heterocycles. The van der Waals surface area contributed by atoms with Gasteiger partial charge in [0.15, 0.2) is 6.10 Å². The lowest BCUT2D eigenvalue weighted by Crippen LogP contribution is -2.34. The van der Waals surface area contributed by atoms with E-state index in [0.29, 0.717) is 16.7 Å². The fourth-order valence-corrected chi connectivity index (χ4v) is 2.51. The molecule has 2 aromatic rings. The van der Waals surface area contributed by atoms with E-state index in [1.54, 1.807) is 78.9 Å². The highest BCUT2D eigenvalue weighted by molar-refractivity contribution is 5.90. The van der Waals surface area contributed by atoms with Crippen LogP contribution in [-0.4, -0.2) is 35.9 Å². The Morgan fingerprint density at radius 2 is 1.46 bits per heavy atom. The molecule has 2 unspecified atom stereocenters. The van der Waals surface area contributed by atoms with E-state index in [0.717, 1.165) is 0 Å². The van der Waals surface area contributed by atoms with Gasteiger partial charge in [0, 0.05) is 0 Å². The van der Waals surface area contributed by atoms with Gasteiger partial charge in [0.25, 0.3) is 0 Å². The summed E-state index contributed by atoms with van der Waals surface area (Å²) in [4.78, 5) is 24.1. The monoisotopic (exact) mass is 350 g/mol. The number of carbonyl (C=O) groups is 2. The van der Waals surface area contributed by atoms with Crippen LogP contribution in [0, 0.1) is 0 Å². The average Bonchev–Trinajstić information content (AvgIpc) is 2.69. The van der Waals surface area contributed by atoms with Crippen molar-refractivity contribution in [2.45, 2.75) is 12.2 Å². The Labute approximate surface area is 151 Å². The zero-order chi connectivity index (χ0) is 18.4. The summed E-state index contributed by atoms with van der Waals surface area (Å²) in [5.74, 6) is -1.01. The molecule has 1 aliphatic rings. The topological polar surface area (TPSA) is 72.8 Å². The van der Waals surface area contributed by atoms with E-state index in [9.17, 15) is 14.7 Å². The molecule has 0 radical (unpaired) electrons. The van der Waals surface area contributed by atoms with E-state index in [4.69, 9.17) is 9.47 Å². The number of rotatable bonds is 5. The van der Waals surface area contributed by atoms with Crippen molar-refractivity contribution in [1.29, 1.82) is 0 Å². The predicted octanol–water partition coefficient (Wildman–Crippen LogP) is 2.93. The Bertz CT molecular complexity index is 824. The van der Waals surface area contributed by atoms with Crippen molar-refractivity contribution in [3.63, 3.8) is 0 Å². The lowest BCUT2D eigenvalue weighted by Gasteiger charge is -2.25. The molecule has 1 N–H and O–H groups in total. The van der Waals surface area contributed by atoms with Crippen LogP contribution in [0.2, 0.25) is 0 Å². The van der Waals surface area contributed by atoms with Gasteiger partial charge in [0.05, 0.1) is 11.1 Å². The smallest absolute Gasteiger partial charge is 0.338 e. The van der Waals surface area contributed by atoms with E-state index in [2.05, 4.69) is 0 Å². The second-order valence-electron chi connectivity index (χ2n) is 5.75. The van der Waals surface area contributed by atoms with Crippen LogP contribution in [0.4, 0.5) is 0 Å². The van der Waals surface area contributed by atoms with Gasteiger partial charge in [-0.25, -0.2) is 9.59 Å². The third kappa shape index (κ3) is 4.26. The highest BCUT2D eigenvalue weighted by Gasteiger charge is 2.27. The molecule has 0 aromatic heterocycles. The number of hydrogen-bond donors (Lipinski definition) is 1. The molecular formula is C21H18O5. The number of aliphatic hydroxyl groups excluding tert-OH is 1. The molecule has 2 aromatic carbocycles. The first-order chi connectivity index (χ1) is 12.6. The number of benzene rings is 2. The molecule has 0 amide bonds. The van der Waals surface area contributed by atoms with Gasteiger partial charge >= 0.3 is 11.9 Å². The van der Waals surface area contributed by atoms with Crippen molar-refractivity contribution in [3.8, 4) is 0 Å². The van der Waals surface area contributed by atoms with Gasteiger partial charge in [-0.2, -0.15) is 0 Å². The van der Waals surface area contributed by atoms with Gasteiger partial charge in [0.2, 0.25) is 0 Å². The summed E-state index contributed by atoms with van der Waals surface area (Å²) < 4.78 is 10.6. The van der Waals surface area contributed by atoms with Crippen molar-refractivity contribution in [3.05, 3.63) is 95.6 Å². The third-order valence-electron chi connectivity index (χ3n) is 3.93. The maximum absolute atomic E-state index is 12.1. The first-order valence-corrected chi connectivity index (χ1v) is 8.18. The Hall–Kier alpha value is -3.18. The minimum Gasteiger partial charge on any atom is -0.457 e. The zero-order valence-electron chi connectivity index (χ0n) is 13.9. The highest BCUT2D eigenvalue weighted by atomic mass is 16.6. The largest absolute Gasteiger partial charge is 0.457 e. The molecule has 0 bridgehead atoms. The van der Waals surface area contributed by atoms with Crippen LogP contribution in [0.3, 0.4) is 0 Å². The van der Waals surface area contributed by atoms with E-state index in [1.165, 1.54) is 0 Å². The average molecular weight is 350 g/mol. The van der Waals surface area contributed by atoms with Gasteiger partial charge in [-0.05, 0) is 35.9 Å². The molecule has 5 heteroatoms. The number of esters is 2. The van der Waals surface area contributed by atoms with E-state index >= 15 is 0 Å². The molecule has 0 heterocycles. The van der Waals surface area contributed by atoms with Gasteiger partial charge in [-0.1, -0.05) is 48.6 Å². The summed E-state index contributed by atoms with van der Waals surface area (Å²) in [5.41, 5.74) is 1.29. The van der Waals surface area contributed by atoms with Gasteiger partial charge in [-0.3, -0.25) is 0 Å². The van der Waals surface area contributed by atoms with Crippen LogP contribution in [0.25, 0.3) is 0 Å². The highest BCUT2D eigenvalue weighted by Crippen LogP contribution is 2.19. The Balaban J connectivity index is 1.58. The molecule has 0 fully saturated rings. The normalized spacial score (nSPS) is 18.7. The van der Waals surface area contributed by atoms with Crippen LogP contribution < -0.4 is 0 Å². The molecule has 3 rings (SSSR count). The summed E-state index contributed by atoms with van der Waals surface area (Å²) >= 11 is 0. The first-order valence-electron chi connectivity index (χ1n) is 8.18. The molecule has 0 spiro atoms. The summed E-state index contributed by atoms with van der Waals surface area (Å²) in [6.07, 6.45) is 3.00. The van der Waals surface area contributed by atoms with E-state index in [-0.39, 0.29) is 6.61 Å². The second kappa shape index (κ2) is 8.27. The van der Waals surface area contributed by atoms with Crippen LogP contribution in [0.15, 0.2) is 84.5 Å². The fraction of sp³-hybridized carbons (Fsp3) is 0.143. The van der Waals surface area contributed by atoms with Crippen molar-refractivity contribution in [2.75, 3.05) is 6.61 Å². The third-order valence-corrected chi connectivity index (χ3v) is 3.93. The number of ether oxygens (including phenoxy) is 2. The molecule has 26 heavy (non-hydrogen) atoms. The summed E-state index contributed by atoms with van der Waals surface area (Å²) in [7, 11) is 0. The Kier molecular flexibility index (Phi) is 5.61. The van der Waals surface area contributed by atoms with Crippen molar-refractivity contribution in [2.24, 2.45) is 0 Å². The van der Waals surface area contributed by atoms with E-state index < -0.39 is 24.1 Å². The number of allylic oxidation sites excluding steroid dienone is 2. The van der Waals surface area contributed by atoms with Crippen molar-refractivity contribution >= 4 is 11.9 Å². The molecule has 2 atom stereocenters. The fourth-order valence-electron chi connectivity index (χ4n) is 2.51. The maximum Gasteiger partial charge on any atom is 0.338 e. The van der Waals surface area contributed by atoms with Crippen LogP contribution in [-0.2, 0) is 9.47 Å². The molecule has 132 valence electrons. The van der Waals surface area contributed by atoms with Crippen LogP contribution in [0.5, 0.6) is 0 Å². The summed E-state index contributed by atoms with van der Waals surface area (Å²) in [6, 6.07) is 17.1. The second-order valence-corrected chi connectivity index (χ2v) is 5.75. The number of aliphatic hydroxyl groups is 1. The molecular weight excluding hydrogens is 332 g/mol. The van der Waals surface area contributed by atoms with Crippen molar-refractivity contribution < 1.29 is 24.2 Å². The molecule has 5 nitrogen and oxygen atoms in total. The van der Waals surface area contributed by atoms with E-state index in [1.807, 2.05) is 0 Å². The zero-order valence-corrected chi connectivity index (χ0v) is 13.9. The van der Waals surface area contributed by atoms with Crippen LogP contribution in [0.1, 0.15) is 20.7 Å². The maximum atomic E-state index is 12.1. The van der Waals surface area contributed by atoms with Gasteiger partial charge < -0.3 is 14.6 Å². The van der Waals surface area contributed by atoms with Crippen molar-refractivity contribution in [1.82, 2.24) is 0 Å². The summed E-state index contributed by atoms with van der Waals surface area (Å²) in [5, 5.41) is 10.4. The number of carbonyl (C=O) groups excluding carboxylic acids is 2. The molecule has 0 saturated carbocycles. The SMILES string of the molecule is O=C(OCC1=CC=CC(OC(=O)c2ccccc2)C1O)c1ccccc1. The standard InChI is InChI=1S/C21H18O5/c22-19-17(14-25-20(23)15-8-3-1-4-9-15)12-7-13-18(19)26-21(24)16-10-5-2-6-11-16/h1-13,18-19,22H,14H2. The summed E-state index contributed by atoms with van der Waals surface area (Å²) in [6.45, 7) is -0.0847.